The van der Waals surface area contributed by atoms with Crippen molar-refractivity contribution in [1.82, 2.24) is 23.9 Å². The minimum Gasteiger partial charge on any atom is -0.496 e. The molecule has 1 atom stereocenters. The van der Waals surface area contributed by atoms with E-state index in [9.17, 15) is 14.7 Å². The molecular weight excluding hydrogens is 460 g/mol. The second-order valence-electron chi connectivity index (χ2n) is 9.34. The number of benzene rings is 1. The van der Waals surface area contributed by atoms with Gasteiger partial charge in [-0.15, -0.1) is 0 Å². The van der Waals surface area contributed by atoms with Gasteiger partial charge in [0.25, 0.3) is 11.5 Å². The summed E-state index contributed by atoms with van der Waals surface area (Å²) in [4.78, 5) is 29.7. The van der Waals surface area contributed by atoms with Crippen molar-refractivity contribution in [3.05, 3.63) is 70.8 Å². The van der Waals surface area contributed by atoms with Crippen LogP contribution < -0.4 is 15.6 Å². The Kier molecular flexibility index (Phi) is 6.36. The number of nitrogens with one attached hydrogen (secondary N) is 1. The zero-order valence-corrected chi connectivity index (χ0v) is 20.6. The second-order valence-corrected chi connectivity index (χ2v) is 9.34. The molecule has 1 fully saturated rings. The Bertz CT molecular complexity index is 1460. The fraction of sp³-hybridized carbons (Fsp3) is 0.385. The number of carbonyl (C=O) groups excluding carboxylic acids is 1. The second kappa shape index (κ2) is 9.62. The van der Waals surface area contributed by atoms with E-state index < -0.39 is 12.0 Å². The highest BCUT2D eigenvalue weighted by Gasteiger charge is 2.26. The highest BCUT2D eigenvalue weighted by molar-refractivity contribution is 6.08. The Morgan fingerprint density at radius 2 is 1.94 bits per heavy atom. The summed E-state index contributed by atoms with van der Waals surface area (Å²) >= 11 is 0. The first kappa shape index (κ1) is 23.8. The lowest BCUT2D eigenvalue weighted by Gasteiger charge is -2.30. The van der Waals surface area contributed by atoms with Crippen molar-refractivity contribution < 1.29 is 14.6 Å². The van der Waals surface area contributed by atoms with E-state index in [0.29, 0.717) is 23.2 Å². The van der Waals surface area contributed by atoms with E-state index in [4.69, 9.17) is 9.84 Å². The number of aliphatic hydroxyl groups excluding tert-OH is 1. The van der Waals surface area contributed by atoms with E-state index in [1.807, 2.05) is 17.1 Å². The zero-order valence-electron chi connectivity index (χ0n) is 20.6. The fourth-order valence-electron chi connectivity index (χ4n) is 5.04. The monoisotopic (exact) mass is 490 g/mol. The van der Waals surface area contributed by atoms with Crippen LogP contribution in [0.4, 0.5) is 5.69 Å². The van der Waals surface area contributed by atoms with Gasteiger partial charge < -0.3 is 24.3 Å². The first-order chi connectivity index (χ1) is 17.4. The molecule has 2 N–H and O–H groups in total. The molecule has 0 aliphatic heterocycles. The summed E-state index contributed by atoms with van der Waals surface area (Å²) in [6, 6.07) is 7.34. The number of carbonyl (C=O) groups is 1. The smallest absolute Gasteiger partial charge is 0.274 e. The van der Waals surface area contributed by atoms with Gasteiger partial charge in [-0.2, -0.15) is 5.10 Å². The van der Waals surface area contributed by atoms with Crippen molar-refractivity contribution in [1.29, 1.82) is 0 Å². The van der Waals surface area contributed by atoms with Crippen LogP contribution in [0.3, 0.4) is 0 Å². The molecule has 3 aromatic heterocycles. The lowest BCUT2D eigenvalue weighted by atomic mass is 9.91. The number of amides is 1. The molecule has 10 heteroatoms. The summed E-state index contributed by atoms with van der Waals surface area (Å²) in [6.45, 7) is 1.74. The third-order valence-electron chi connectivity index (χ3n) is 6.97. The SMILES string of the molecule is COc1cc2nn(C3CCC(n4ccnc4[C@@H](C)O)CC3)cc2cc1C(=O)Nc1cccn(C)c1=O. The number of hydrogen-bond donors (Lipinski definition) is 2. The molecule has 4 aromatic rings. The van der Waals surface area contributed by atoms with Gasteiger partial charge in [-0.3, -0.25) is 14.3 Å². The van der Waals surface area contributed by atoms with Gasteiger partial charge in [-0.1, -0.05) is 0 Å². The van der Waals surface area contributed by atoms with Crippen LogP contribution in [-0.2, 0) is 7.05 Å². The van der Waals surface area contributed by atoms with Crippen LogP contribution in [0.5, 0.6) is 5.75 Å². The van der Waals surface area contributed by atoms with Crippen molar-refractivity contribution in [3.8, 4) is 5.75 Å². The number of methoxy groups -OCH3 is 1. The number of anilines is 1. The van der Waals surface area contributed by atoms with Crippen LogP contribution in [-0.4, -0.2) is 42.0 Å². The molecule has 0 unspecified atom stereocenters. The molecule has 3 heterocycles. The standard InChI is InChI=1S/C26H30N6O4/c1-16(33)24-27-10-12-31(24)18-6-8-19(9-7-18)32-15-17-13-20(23(36-3)14-22(17)29-32)25(34)28-21-5-4-11-30(2)26(21)35/h4-5,10-16,18-19,33H,6-9H2,1-3H3,(H,28,34)/t16-,18?,19?/m1/s1. The molecule has 1 aliphatic carbocycles. The number of nitrogens with zero attached hydrogens (tertiary/aromatic N) is 5. The highest BCUT2D eigenvalue weighted by atomic mass is 16.5. The predicted octanol–water partition coefficient (Wildman–Crippen LogP) is 3.60. The lowest BCUT2D eigenvalue weighted by Crippen LogP contribution is -2.23. The van der Waals surface area contributed by atoms with Crippen LogP contribution >= 0.6 is 0 Å². The van der Waals surface area contributed by atoms with E-state index in [1.165, 1.54) is 11.7 Å². The van der Waals surface area contributed by atoms with Crippen LogP contribution in [0, 0.1) is 0 Å². The maximum Gasteiger partial charge on any atom is 0.274 e. The molecule has 188 valence electrons. The van der Waals surface area contributed by atoms with Crippen LogP contribution in [0.25, 0.3) is 10.9 Å². The number of fused-ring (bicyclic) bond motifs is 1. The zero-order chi connectivity index (χ0) is 25.4. The van der Waals surface area contributed by atoms with E-state index in [-0.39, 0.29) is 17.3 Å². The van der Waals surface area contributed by atoms with Crippen molar-refractivity contribution >= 4 is 22.5 Å². The van der Waals surface area contributed by atoms with Gasteiger partial charge in [0.1, 0.15) is 23.4 Å². The fourth-order valence-corrected chi connectivity index (χ4v) is 5.04. The number of pyridine rings is 1. The van der Waals surface area contributed by atoms with Gasteiger partial charge in [-0.05, 0) is 50.8 Å². The summed E-state index contributed by atoms with van der Waals surface area (Å²) in [5, 5.41) is 18.3. The molecule has 1 aromatic carbocycles. The minimum absolute atomic E-state index is 0.205. The first-order valence-corrected chi connectivity index (χ1v) is 12.1. The molecule has 0 spiro atoms. The van der Waals surface area contributed by atoms with Crippen molar-refractivity contribution in [2.45, 2.75) is 50.8 Å². The minimum atomic E-state index is -0.597. The highest BCUT2D eigenvalue weighted by Crippen LogP contribution is 2.37. The Labute approximate surface area is 208 Å². The third-order valence-corrected chi connectivity index (χ3v) is 6.97. The lowest BCUT2D eigenvalue weighted by molar-refractivity contribution is 0.102. The summed E-state index contributed by atoms with van der Waals surface area (Å²) < 4.78 is 11.0. The van der Waals surface area contributed by atoms with Gasteiger partial charge >= 0.3 is 0 Å². The Morgan fingerprint density at radius 3 is 2.67 bits per heavy atom. The van der Waals surface area contributed by atoms with Gasteiger partial charge in [0.05, 0.1) is 24.2 Å². The molecule has 1 amide bonds. The molecule has 0 bridgehead atoms. The van der Waals surface area contributed by atoms with Gasteiger partial charge in [-0.25, -0.2) is 4.98 Å². The molecular formula is C26H30N6O4. The summed E-state index contributed by atoms with van der Waals surface area (Å²) in [7, 11) is 3.14. The number of hydrogen-bond acceptors (Lipinski definition) is 6. The van der Waals surface area contributed by atoms with E-state index in [1.54, 1.807) is 50.6 Å². The number of aromatic nitrogens is 5. The Hall–Kier alpha value is -3.92. The van der Waals surface area contributed by atoms with Crippen LogP contribution in [0.15, 0.2) is 53.8 Å². The summed E-state index contributed by atoms with van der Waals surface area (Å²) in [5.74, 6) is 0.682. The van der Waals surface area contributed by atoms with Gasteiger partial charge in [0, 0.05) is 49.3 Å². The molecule has 5 rings (SSSR count). The summed E-state index contributed by atoms with van der Waals surface area (Å²) in [5.41, 5.74) is 0.999. The Balaban J connectivity index is 1.36. The largest absolute Gasteiger partial charge is 0.496 e. The van der Waals surface area contributed by atoms with E-state index in [2.05, 4.69) is 14.9 Å². The van der Waals surface area contributed by atoms with Crippen LogP contribution in [0.2, 0.25) is 0 Å². The quantitative estimate of drug-likeness (QED) is 0.427. The van der Waals surface area contributed by atoms with Gasteiger partial charge in [0.15, 0.2) is 0 Å². The number of ether oxygens (including phenoxy) is 1. The maximum atomic E-state index is 13.0. The molecule has 10 nitrogen and oxygen atoms in total. The molecule has 1 saturated carbocycles. The predicted molar refractivity (Wildman–Crippen MR) is 135 cm³/mol. The Morgan fingerprint density at radius 1 is 1.19 bits per heavy atom. The molecule has 0 saturated heterocycles. The first-order valence-electron chi connectivity index (χ1n) is 12.1. The normalized spacial score (nSPS) is 18.8. The van der Waals surface area contributed by atoms with E-state index >= 15 is 0 Å². The average Bonchev–Trinajstić information content (AvgIpc) is 3.53. The van der Waals surface area contributed by atoms with Crippen LogP contribution in [0.1, 0.15) is 67.0 Å². The maximum absolute atomic E-state index is 13.0. The van der Waals surface area contributed by atoms with E-state index in [0.717, 1.165) is 36.6 Å². The average molecular weight is 491 g/mol. The summed E-state index contributed by atoms with van der Waals surface area (Å²) in [6.07, 6.45) is 10.5. The number of rotatable bonds is 6. The number of aryl methyl sites for hydroxylation is 1. The molecule has 1 aliphatic rings. The molecule has 36 heavy (non-hydrogen) atoms. The van der Waals surface area contributed by atoms with Crippen molar-refractivity contribution in [2.75, 3.05) is 12.4 Å². The third kappa shape index (κ3) is 4.39. The van der Waals surface area contributed by atoms with Gasteiger partial charge in [0.2, 0.25) is 0 Å². The molecule has 0 radical (unpaired) electrons. The number of imidazole rings is 1. The van der Waals surface area contributed by atoms with Crippen molar-refractivity contribution in [2.24, 2.45) is 7.05 Å². The van der Waals surface area contributed by atoms with Crippen molar-refractivity contribution in [3.63, 3.8) is 0 Å². The number of aliphatic hydroxyl groups is 1. The topological polar surface area (TPSA) is 116 Å².